The number of hydrogen-bond acceptors (Lipinski definition) is 5. The van der Waals surface area contributed by atoms with Gasteiger partial charge in [-0.1, -0.05) is 6.92 Å². The average Bonchev–Trinajstić information content (AvgIpc) is 2.36. The van der Waals surface area contributed by atoms with Gasteiger partial charge in [-0.3, -0.25) is 9.59 Å². The van der Waals surface area contributed by atoms with E-state index in [0.29, 0.717) is 11.3 Å². The molecule has 0 amide bonds. The maximum Gasteiger partial charge on any atom is 0.308 e. The Kier molecular flexibility index (Phi) is 5.11. The van der Waals surface area contributed by atoms with E-state index >= 15 is 0 Å². The van der Waals surface area contributed by atoms with E-state index in [4.69, 9.17) is 5.11 Å². The molecule has 7 heteroatoms. The van der Waals surface area contributed by atoms with Crippen LogP contribution in [0, 0.1) is 5.92 Å². The summed E-state index contributed by atoms with van der Waals surface area (Å²) in [7, 11) is -1.87. The Hall–Kier alpha value is -1.89. The number of rotatable bonds is 6. The molecule has 0 saturated heterocycles. The van der Waals surface area contributed by atoms with E-state index in [1.165, 1.54) is 32.0 Å². The van der Waals surface area contributed by atoms with Crippen molar-refractivity contribution in [2.45, 2.75) is 18.7 Å². The second-order valence-electron chi connectivity index (χ2n) is 5.13. The van der Waals surface area contributed by atoms with Crippen molar-refractivity contribution in [2.24, 2.45) is 5.92 Å². The number of anilines is 1. The van der Waals surface area contributed by atoms with Gasteiger partial charge < -0.3 is 10.0 Å². The summed E-state index contributed by atoms with van der Waals surface area (Å²) in [6, 6.07) is 4.31. The first-order valence-electron chi connectivity index (χ1n) is 6.33. The smallest absolute Gasteiger partial charge is 0.308 e. The van der Waals surface area contributed by atoms with E-state index in [1.54, 1.807) is 11.9 Å². The first-order valence-corrected chi connectivity index (χ1v) is 8.22. The number of ketones is 1. The van der Waals surface area contributed by atoms with Gasteiger partial charge >= 0.3 is 5.97 Å². The molecule has 0 spiro atoms. The maximum atomic E-state index is 11.8. The van der Waals surface area contributed by atoms with Crippen molar-refractivity contribution in [1.29, 1.82) is 0 Å². The van der Waals surface area contributed by atoms with Crippen LogP contribution in [-0.4, -0.2) is 45.1 Å². The summed E-state index contributed by atoms with van der Waals surface area (Å²) in [5.74, 6) is -1.81. The lowest BCUT2D eigenvalue weighted by Crippen LogP contribution is -2.29. The van der Waals surface area contributed by atoms with Gasteiger partial charge in [-0.2, -0.15) is 0 Å². The lowest BCUT2D eigenvalue weighted by atomic mass is 10.1. The van der Waals surface area contributed by atoms with Gasteiger partial charge in [0.05, 0.1) is 16.5 Å². The van der Waals surface area contributed by atoms with Crippen LogP contribution in [0.3, 0.4) is 0 Å². The number of sulfone groups is 1. The van der Waals surface area contributed by atoms with Gasteiger partial charge in [-0.05, 0) is 25.1 Å². The van der Waals surface area contributed by atoms with Crippen molar-refractivity contribution in [1.82, 2.24) is 0 Å². The van der Waals surface area contributed by atoms with Gasteiger partial charge in [0.2, 0.25) is 0 Å². The van der Waals surface area contributed by atoms with Crippen LogP contribution in [0.1, 0.15) is 24.2 Å². The first-order chi connectivity index (χ1) is 9.54. The zero-order valence-corrected chi connectivity index (χ0v) is 13.3. The fraction of sp³-hybridized carbons (Fsp3) is 0.429. The molecular formula is C14H19NO5S. The molecule has 1 unspecified atom stereocenters. The van der Waals surface area contributed by atoms with Crippen LogP contribution in [0.25, 0.3) is 0 Å². The maximum absolute atomic E-state index is 11.8. The van der Waals surface area contributed by atoms with E-state index in [1.807, 2.05) is 0 Å². The number of hydrogen-bond donors (Lipinski definition) is 1. The van der Waals surface area contributed by atoms with Crippen LogP contribution in [0.5, 0.6) is 0 Å². The third kappa shape index (κ3) is 4.29. The fourth-order valence-electron chi connectivity index (χ4n) is 1.94. The molecule has 0 aliphatic carbocycles. The number of benzene rings is 1. The fourth-order valence-corrected chi connectivity index (χ4v) is 2.85. The van der Waals surface area contributed by atoms with Gasteiger partial charge in [0, 0.05) is 25.4 Å². The van der Waals surface area contributed by atoms with Crippen LogP contribution >= 0.6 is 0 Å². The molecular weight excluding hydrogens is 294 g/mol. The number of carboxylic acids is 1. The predicted octanol–water partition coefficient (Wildman–Crippen LogP) is 1.45. The minimum Gasteiger partial charge on any atom is -0.481 e. The average molecular weight is 313 g/mol. The molecule has 0 aliphatic heterocycles. The Morgan fingerprint density at radius 2 is 1.90 bits per heavy atom. The highest BCUT2D eigenvalue weighted by atomic mass is 32.2. The first kappa shape index (κ1) is 17.2. The van der Waals surface area contributed by atoms with Crippen LogP contribution in [0.4, 0.5) is 5.69 Å². The van der Waals surface area contributed by atoms with Crippen LogP contribution in [0.2, 0.25) is 0 Å². The predicted molar refractivity (Wildman–Crippen MR) is 79.6 cm³/mol. The summed E-state index contributed by atoms with van der Waals surface area (Å²) in [4.78, 5) is 24.0. The number of Topliss-reactive ketones (excluding diaryl/α,β-unsaturated/α-hetero) is 1. The van der Waals surface area contributed by atoms with Crippen LogP contribution < -0.4 is 4.90 Å². The van der Waals surface area contributed by atoms with Gasteiger partial charge in [0.15, 0.2) is 15.6 Å². The lowest BCUT2D eigenvalue weighted by molar-refractivity contribution is -0.140. The molecule has 116 valence electrons. The van der Waals surface area contributed by atoms with E-state index in [9.17, 15) is 18.0 Å². The van der Waals surface area contributed by atoms with Crippen molar-refractivity contribution < 1.29 is 23.1 Å². The molecule has 0 aliphatic rings. The zero-order chi connectivity index (χ0) is 16.4. The standard InChI is InChI=1S/C14H19NO5S/c1-9(14(17)18)8-15(3)12-7-11(10(2)16)5-6-13(12)21(4,19)20/h5-7,9H,8H2,1-4H3,(H,17,18). The normalized spacial score (nSPS) is 12.8. The Morgan fingerprint density at radius 3 is 2.33 bits per heavy atom. The van der Waals surface area contributed by atoms with E-state index in [2.05, 4.69) is 0 Å². The van der Waals surface area contributed by atoms with E-state index in [-0.39, 0.29) is 17.2 Å². The Morgan fingerprint density at radius 1 is 1.33 bits per heavy atom. The molecule has 21 heavy (non-hydrogen) atoms. The van der Waals surface area contributed by atoms with Gasteiger partial charge in [0.1, 0.15) is 0 Å². The largest absolute Gasteiger partial charge is 0.481 e. The number of carbonyl (C=O) groups is 2. The van der Waals surface area contributed by atoms with Crippen LogP contribution in [-0.2, 0) is 14.6 Å². The summed E-state index contributed by atoms with van der Waals surface area (Å²) in [5.41, 5.74) is 0.713. The van der Waals surface area contributed by atoms with Crippen molar-refractivity contribution in [3.05, 3.63) is 23.8 Å². The van der Waals surface area contributed by atoms with Crippen molar-refractivity contribution in [3.63, 3.8) is 0 Å². The molecule has 0 saturated carbocycles. The molecule has 1 aromatic rings. The highest BCUT2D eigenvalue weighted by Gasteiger charge is 2.21. The highest BCUT2D eigenvalue weighted by molar-refractivity contribution is 7.90. The second kappa shape index (κ2) is 6.26. The molecule has 1 aromatic carbocycles. The number of nitrogens with zero attached hydrogens (tertiary/aromatic N) is 1. The molecule has 0 fully saturated rings. The molecule has 0 radical (unpaired) electrons. The van der Waals surface area contributed by atoms with Gasteiger partial charge in [-0.15, -0.1) is 0 Å². The molecule has 1 N–H and O–H groups in total. The van der Waals surface area contributed by atoms with E-state index in [0.717, 1.165) is 6.26 Å². The van der Waals surface area contributed by atoms with Crippen molar-refractivity contribution >= 4 is 27.3 Å². The molecule has 6 nitrogen and oxygen atoms in total. The number of carboxylic acid groups (broad SMARTS) is 1. The molecule has 1 atom stereocenters. The highest BCUT2D eigenvalue weighted by Crippen LogP contribution is 2.26. The minimum absolute atomic E-state index is 0.0765. The van der Waals surface area contributed by atoms with Gasteiger partial charge in [-0.25, -0.2) is 8.42 Å². The van der Waals surface area contributed by atoms with Crippen molar-refractivity contribution in [3.8, 4) is 0 Å². The van der Waals surface area contributed by atoms with Crippen LogP contribution in [0.15, 0.2) is 23.1 Å². The van der Waals surface area contributed by atoms with Gasteiger partial charge in [0.25, 0.3) is 0 Å². The Balaban J connectivity index is 3.32. The summed E-state index contributed by atoms with van der Waals surface area (Å²) in [6.07, 6.45) is 1.08. The molecule has 0 bridgehead atoms. The SMILES string of the molecule is CC(=O)c1ccc(S(C)(=O)=O)c(N(C)CC(C)C(=O)O)c1. The molecule has 0 heterocycles. The number of aliphatic carboxylic acids is 1. The zero-order valence-electron chi connectivity index (χ0n) is 12.5. The summed E-state index contributed by atoms with van der Waals surface area (Å²) >= 11 is 0. The number of carbonyl (C=O) groups excluding carboxylic acids is 1. The molecule has 0 aromatic heterocycles. The van der Waals surface area contributed by atoms with Crippen molar-refractivity contribution in [2.75, 3.05) is 24.7 Å². The monoisotopic (exact) mass is 313 g/mol. The minimum atomic E-state index is -3.48. The Bertz CT molecular complexity index is 666. The summed E-state index contributed by atoms with van der Waals surface area (Å²) in [6.45, 7) is 3.06. The molecule has 1 rings (SSSR count). The van der Waals surface area contributed by atoms with E-state index < -0.39 is 21.7 Å². The second-order valence-corrected chi connectivity index (χ2v) is 7.11. The lowest BCUT2D eigenvalue weighted by Gasteiger charge is -2.24. The quantitative estimate of drug-likeness (QED) is 0.799. The third-order valence-corrected chi connectivity index (χ3v) is 4.29. The summed E-state index contributed by atoms with van der Waals surface area (Å²) in [5, 5.41) is 8.95. The summed E-state index contributed by atoms with van der Waals surface area (Å²) < 4.78 is 23.7. The third-order valence-electron chi connectivity index (χ3n) is 3.15. The topological polar surface area (TPSA) is 91.8 Å². The Labute approximate surface area is 124 Å².